The second-order valence-corrected chi connectivity index (χ2v) is 5.18. The first-order chi connectivity index (χ1) is 11.4. The number of nitro benzene ring substituents is 1. The third-order valence-corrected chi connectivity index (χ3v) is 3.61. The van der Waals surface area contributed by atoms with E-state index in [9.17, 15) is 24.4 Å². The average Bonchev–Trinajstić information content (AvgIpc) is 2.80. The molecule has 0 unspecified atom stereocenters. The SMILES string of the molecule is CC(=O)C1=C(O)c2c(cccc2[N+](=O)[O-])C1=Nc1cccc(F)c1. The first kappa shape index (κ1) is 15.5. The number of nitrogens with zero attached hydrogens (tertiary/aromatic N) is 2. The number of aliphatic imine (C=N–C) groups is 1. The average molecular weight is 326 g/mol. The van der Waals surface area contributed by atoms with Crippen molar-refractivity contribution < 1.29 is 19.2 Å². The monoisotopic (exact) mass is 326 g/mol. The number of benzene rings is 2. The highest BCUT2D eigenvalue weighted by atomic mass is 19.1. The van der Waals surface area contributed by atoms with E-state index in [0.717, 1.165) is 6.07 Å². The lowest BCUT2D eigenvalue weighted by Crippen LogP contribution is -2.08. The minimum atomic E-state index is -0.641. The lowest BCUT2D eigenvalue weighted by atomic mass is 10.0. The number of Topliss-reactive ketones (excluding diaryl/α,β-unsaturated/α-hetero) is 1. The Morgan fingerprint density at radius 1 is 1.25 bits per heavy atom. The van der Waals surface area contributed by atoms with Gasteiger partial charge in [-0.05, 0) is 25.1 Å². The predicted octanol–water partition coefficient (Wildman–Crippen LogP) is 3.73. The van der Waals surface area contributed by atoms with E-state index in [0.29, 0.717) is 0 Å². The van der Waals surface area contributed by atoms with Gasteiger partial charge in [0, 0.05) is 11.6 Å². The Balaban J connectivity index is 2.30. The number of carbonyl (C=O) groups excluding carboxylic acids is 1. The summed E-state index contributed by atoms with van der Waals surface area (Å²) in [7, 11) is 0. The molecule has 6 nitrogen and oxygen atoms in total. The van der Waals surface area contributed by atoms with Crippen LogP contribution in [0.3, 0.4) is 0 Å². The summed E-state index contributed by atoms with van der Waals surface area (Å²) in [6, 6.07) is 9.59. The van der Waals surface area contributed by atoms with Crippen LogP contribution in [-0.2, 0) is 4.79 Å². The molecule has 0 bridgehead atoms. The summed E-state index contributed by atoms with van der Waals surface area (Å²) >= 11 is 0. The molecule has 0 spiro atoms. The number of aliphatic hydroxyl groups excluding tert-OH is 1. The number of allylic oxidation sites excluding steroid dienone is 1. The number of hydrogen-bond acceptors (Lipinski definition) is 5. The van der Waals surface area contributed by atoms with Gasteiger partial charge >= 0.3 is 0 Å². The number of rotatable bonds is 3. The van der Waals surface area contributed by atoms with Crippen LogP contribution in [0.25, 0.3) is 5.76 Å². The van der Waals surface area contributed by atoms with Gasteiger partial charge in [-0.25, -0.2) is 9.38 Å². The fourth-order valence-electron chi connectivity index (χ4n) is 2.63. The van der Waals surface area contributed by atoms with Gasteiger partial charge in [0.25, 0.3) is 5.69 Å². The highest BCUT2D eigenvalue weighted by molar-refractivity contribution is 6.36. The molecule has 1 aliphatic rings. The van der Waals surface area contributed by atoms with Crippen molar-refractivity contribution in [2.75, 3.05) is 0 Å². The molecular weight excluding hydrogens is 315 g/mol. The first-order valence-corrected chi connectivity index (χ1v) is 6.97. The van der Waals surface area contributed by atoms with E-state index < -0.39 is 22.3 Å². The number of hydrogen-bond donors (Lipinski definition) is 1. The second-order valence-electron chi connectivity index (χ2n) is 5.18. The van der Waals surface area contributed by atoms with E-state index >= 15 is 0 Å². The van der Waals surface area contributed by atoms with Gasteiger partial charge in [0.15, 0.2) is 5.78 Å². The minimum absolute atomic E-state index is 0.0529. The largest absolute Gasteiger partial charge is 0.506 e. The molecule has 0 amide bonds. The number of nitro groups is 1. The van der Waals surface area contributed by atoms with Gasteiger partial charge in [0.05, 0.1) is 21.9 Å². The molecule has 0 saturated carbocycles. The summed E-state index contributed by atoms with van der Waals surface area (Å²) in [4.78, 5) is 26.7. The van der Waals surface area contributed by atoms with Crippen molar-refractivity contribution >= 4 is 28.6 Å². The summed E-state index contributed by atoms with van der Waals surface area (Å²) in [6.45, 7) is 1.23. The molecule has 3 rings (SSSR count). The highest BCUT2D eigenvalue weighted by Gasteiger charge is 2.36. The molecular formula is C17H11FN2O4. The van der Waals surface area contributed by atoms with Crippen LogP contribution in [0.15, 0.2) is 53.0 Å². The van der Waals surface area contributed by atoms with E-state index in [2.05, 4.69) is 4.99 Å². The van der Waals surface area contributed by atoms with E-state index in [-0.39, 0.29) is 33.8 Å². The molecule has 24 heavy (non-hydrogen) atoms. The fraction of sp³-hybridized carbons (Fsp3) is 0.0588. The zero-order valence-electron chi connectivity index (χ0n) is 12.5. The van der Waals surface area contributed by atoms with E-state index in [4.69, 9.17) is 0 Å². The van der Waals surface area contributed by atoms with Crippen LogP contribution < -0.4 is 0 Å². The molecule has 0 fully saturated rings. The van der Waals surface area contributed by atoms with Crippen LogP contribution in [0, 0.1) is 15.9 Å². The van der Waals surface area contributed by atoms with Gasteiger partial charge in [0.1, 0.15) is 17.1 Å². The maximum absolute atomic E-state index is 13.4. The van der Waals surface area contributed by atoms with Crippen molar-refractivity contribution in [3.63, 3.8) is 0 Å². The van der Waals surface area contributed by atoms with Crippen molar-refractivity contribution in [2.24, 2.45) is 4.99 Å². The quantitative estimate of drug-likeness (QED) is 0.687. The number of fused-ring (bicyclic) bond motifs is 1. The Morgan fingerprint density at radius 2 is 1.96 bits per heavy atom. The normalized spacial score (nSPS) is 14.8. The summed E-state index contributed by atoms with van der Waals surface area (Å²) in [5, 5.41) is 21.5. The first-order valence-electron chi connectivity index (χ1n) is 6.97. The van der Waals surface area contributed by atoms with Gasteiger partial charge in [-0.3, -0.25) is 14.9 Å². The summed E-state index contributed by atoms with van der Waals surface area (Å²) in [6.07, 6.45) is 0. The third kappa shape index (κ3) is 2.45. The van der Waals surface area contributed by atoms with E-state index in [1.54, 1.807) is 0 Å². The number of ketones is 1. The standard InChI is InChI=1S/C17H11FN2O4/c1-9(21)14-16(19-11-5-2-4-10(18)8-11)12-6-3-7-13(20(23)24)15(12)17(14)22/h2-8,22H,1H3. The lowest BCUT2D eigenvalue weighted by molar-refractivity contribution is -0.385. The third-order valence-electron chi connectivity index (χ3n) is 3.61. The Kier molecular flexibility index (Phi) is 3.69. The number of aliphatic hydroxyl groups is 1. The van der Waals surface area contributed by atoms with E-state index in [1.165, 1.54) is 43.3 Å². The molecule has 0 heterocycles. The van der Waals surface area contributed by atoms with Gasteiger partial charge in [0.2, 0.25) is 0 Å². The molecule has 0 atom stereocenters. The van der Waals surface area contributed by atoms with Gasteiger partial charge in [-0.1, -0.05) is 18.2 Å². The van der Waals surface area contributed by atoms with E-state index in [1.807, 2.05) is 0 Å². The van der Waals surface area contributed by atoms with Crippen LogP contribution >= 0.6 is 0 Å². The van der Waals surface area contributed by atoms with Crippen LogP contribution in [-0.4, -0.2) is 21.5 Å². The van der Waals surface area contributed by atoms with Crippen molar-refractivity contribution in [1.82, 2.24) is 0 Å². The fourth-order valence-corrected chi connectivity index (χ4v) is 2.63. The Labute approximate surface area is 135 Å². The van der Waals surface area contributed by atoms with Gasteiger partial charge in [-0.2, -0.15) is 0 Å². The number of carbonyl (C=O) groups is 1. The van der Waals surface area contributed by atoms with Crippen molar-refractivity contribution in [3.8, 4) is 0 Å². The maximum Gasteiger partial charge on any atom is 0.281 e. The summed E-state index contributed by atoms with van der Waals surface area (Å²) in [5.74, 6) is -1.49. The smallest absolute Gasteiger partial charge is 0.281 e. The molecule has 0 aromatic heterocycles. The zero-order chi connectivity index (χ0) is 17.4. The van der Waals surface area contributed by atoms with Crippen molar-refractivity contribution in [3.05, 3.63) is 75.1 Å². The van der Waals surface area contributed by atoms with Crippen LogP contribution in [0.2, 0.25) is 0 Å². The van der Waals surface area contributed by atoms with Crippen LogP contribution in [0.4, 0.5) is 15.8 Å². The summed E-state index contributed by atoms with van der Waals surface area (Å²) in [5.41, 5.74) is 0.0796. The predicted molar refractivity (Wildman–Crippen MR) is 85.9 cm³/mol. The Bertz CT molecular complexity index is 947. The van der Waals surface area contributed by atoms with Crippen molar-refractivity contribution in [2.45, 2.75) is 6.92 Å². The Morgan fingerprint density at radius 3 is 2.58 bits per heavy atom. The Hall–Kier alpha value is -3.35. The minimum Gasteiger partial charge on any atom is -0.506 e. The van der Waals surface area contributed by atoms with Crippen molar-refractivity contribution in [1.29, 1.82) is 0 Å². The topological polar surface area (TPSA) is 92.8 Å². The molecule has 0 saturated heterocycles. The van der Waals surface area contributed by atoms with Crippen LogP contribution in [0.1, 0.15) is 18.1 Å². The summed E-state index contributed by atoms with van der Waals surface area (Å²) < 4.78 is 13.4. The molecule has 0 aliphatic heterocycles. The molecule has 7 heteroatoms. The molecule has 2 aromatic rings. The van der Waals surface area contributed by atoms with Gasteiger partial charge in [-0.15, -0.1) is 0 Å². The maximum atomic E-state index is 13.4. The number of halogens is 1. The second kappa shape index (κ2) is 5.69. The molecule has 120 valence electrons. The molecule has 2 aromatic carbocycles. The molecule has 1 aliphatic carbocycles. The van der Waals surface area contributed by atoms with Gasteiger partial charge < -0.3 is 5.11 Å². The zero-order valence-corrected chi connectivity index (χ0v) is 12.5. The molecule has 0 radical (unpaired) electrons. The lowest BCUT2D eigenvalue weighted by Gasteiger charge is -2.04. The molecule has 1 N–H and O–H groups in total. The highest BCUT2D eigenvalue weighted by Crippen LogP contribution is 2.39. The van der Waals surface area contributed by atoms with Crippen LogP contribution in [0.5, 0.6) is 0 Å².